The number of hydrogen-bond acceptors (Lipinski definition) is 4. The van der Waals surface area contributed by atoms with Crippen LogP contribution in [0, 0.1) is 6.92 Å². The lowest BCUT2D eigenvalue weighted by Crippen LogP contribution is -2.34. The van der Waals surface area contributed by atoms with Crippen LogP contribution in [-0.2, 0) is 17.9 Å². The number of amides is 1. The lowest BCUT2D eigenvalue weighted by molar-refractivity contribution is -0.134. The van der Waals surface area contributed by atoms with Gasteiger partial charge in [0, 0.05) is 18.1 Å². The largest absolute Gasteiger partial charge is 0.497 e. The fourth-order valence-corrected chi connectivity index (χ4v) is 3.37. The molecular formula is C25H24ClNO5. The number of aryl methyl sites for hydroxylation is 1. The summed E-state index contributed by atoms with van der Waals surface area (Å²) in [6, 6.07) is 19.5. The average Bonchev–Trinajstić information content (AvgIpc) is 2.78. The number of methoxy groups -OCH3 is 1. The van der Waals surface area contributed by atoms with Crippen LogP contribution in [-0.4, -0.2) is 35.6 Å². The van der Waals surface area contributed by atoms with Crippen molar-refractivity contribution in [3.63, 3.8) is 0 Å². The number of halogens is 1. The van der Waals surface area contributed by atoms with Gasteiger partial charge in [-0.1, -0.05) is 48.0 Å². The summed E-state index contributed by atoms with van der Waals surface area (Å²) in [6.45, 7) is 2.14. The number of aromatic carboxylic acids is 1. The first-order chi connectivity index (χ1) is 15.4. The first-order valence-electron chi connectivity index (χ1n) is 9.98. The Morgan fingerprint density at radius 1 is 1.00 bits per heavy atom. The van der Waals surface area contributed by atoms with E-state index in [4.69, 9.17) is 21.1 Å². The highest BCUT2D eigenvalue weighted by Crippen LogP contribution is 2.22. The normalized spacial score (nSPS) is 10.5. The van der Waals surface area contributed by atoms with Gasteiger partial charge in [0.05, 0.1) is 7.11 Å². The minimum atomic E-state index is -1.11. The zero-order valence-corrected chi connectivity index (χ0v) is 18.6. The summed E-state index contributed by atoms with van der Waals surface area (Å²) in [5, 5.41) is 9.96. The molecule has 0 aliphatic carbocycles. The molecule has 1 N–H and O–H groups in total. The van der Waals surface area contributed by atoms with Crippen LogP contribution in [0.15, 0.2) is 66.7 Å². The molecule has 0 bridgehead atoms. The molecule has 0 spiro atoms. The zero-order valence-electron chi connectivity index (χ0n) is 17.9. The molecule has 1 amide bonds. The monoisotopic (exact) mass is 453 g/mol. The van der Waals surface area contributed by atoms with E-state index in [0.29, 0.717) is 11.6 Å². The van der Waals surface area contributed by atoms with Crippen LogP contribution < -0.4 is 9.47 Å². The third kappa shape index (κ3) is 6.02. The van der Waals surface area contributed by atoms with Gasteiger partial charge in [0.25, 0.3) is 5.91 Å². The van der Waals surface area contributed by atoms with Crippen LogP contribution in [0.1, 0.15) is 27.0 Å². The number of nitrogens with zero attached hydrogens (tertiary/aromatic N) is 1. The standard InChI is InChI=1S/C25H24ClNO5/c1-17-7-12-21(25(29)30)23(13-17)32-16-24(28)27(15-19-5-3-4-6-22(19)26)14-18-8-10-20(31-2)11-9-18/h3-13H,14-16H2,1-2H3,(H,29,30). The van der Waals surface area contributed by atoms with Crippen molar-refractivity contribution in [1.29, 1.82) is 0 Å². The number of rotatable bonds is 9. The predicted octanol–water partition coefficient (Wildman–Crippen LogP) is 4.96. The Kier molecular flexibility index (Phi) is 7.73. The number of carbonyl (C=O) groups excluding carboxylic acids is 1. The predicted molar refractivity (Wildman–Crippen MR) is 122 cm³/mol. The van der Waals surface area contributed by atoms with Gasteiger partial charge in [-0.25, -0.2) is 4.79 Å². The Balaban J connectivity index is 1.80. The first kappa shape index (κ1) is 23.2. The van der Waals surface area contributed by atoms with E-state index in [1.165, 1.54) is 6.07 Å². The number of carbonyl (C=O) groups is 2. The third-order valence-corrected chi connectivity index (χ3v) is 5.29. The molecule has 3 rings (SSSR count). The highest BCUT2D eigenvalue weighted by Gasteiger charge is 2.19. The number of ether oxygens (including phenoxy) is 2. The van der Waals surface area contributed by atoms with Gasteiger partial charge in [0.1, 0.15) is 17.1 Å². The Morgan fingerprint density at radius 2 is 1.72 bits per heavy atom. The van der Waals surface area contributed by atoms with Crippen LogP contribution in [0.4, 0.5) is 0 Å². The molecule has 6 nitrogen and oxygen atoms in total. The molecular weight excluding hydrogens is 430 g/mol. The van der Waals surface area contributed by atoms with E-state index in [2.05, 4.69) is 0 Å². The summed E-state index contributed by atoms with van der Waals surface area (Å²) in [4.78, 5) is 26.2. The van der Waals surface area contributed by atoms with E-state index >= 15 is 0 Å². The molecule has 7 heteroatoms. The lowest BCUT2D eigenvalue weighted by atomic mass is 10.1. The fraction of sp³-hybridized carbons (Fsp3) is 0.200. The van der Waals surface area contributed by atoms with Crippen molar-refractivity contribution in [3.8, 4) is 11.5 Å². The van der Waals surface area contributed by atoms with Crippen molar-refractivity contribution < 1.29 is 24.2 Å². The number of benzene rings is 3. The molecule has 0 radical (unpaired) electrons. The molecule has 166 valence electrons. The second kappa shape index (κ2) is 10.7. The van der Waals surface area contributed by atoms with Crippen LogP contribution >= 0.6 is 11.6 Å². The number of carboxylic acids is 1. The van der Waals surface area contributed by atoms with Crippen molar-refractivity contribution in [1.82, 2.24) is 4.90 Å². The highest BCUT2D eigenvalue weighted by atomic mass is 35.5. The van der Waals surface area contributed by atoms with Crippen LogP contribution in [0.5, 0.6) is 11.5 Å². The summed E-state index contributed by atoms with van der Waals surface area (Å²) < 4.78 is 10.8. The third-order valence-electron chi connectivity index (χ3n) is 4.92. The van der Waals surface area contributed by atoms with E-state index in [1.807, 2.05) is 49.4 Å². The van der Waals surface area contributed by atoms with Crippen LogP contribution in [0.25, 0.3) is 0 Å². The summed E-state index contributed by atoms with van der Waals surface area (Å²) in [7, 11) is 1.59. The van der Waals surface area contributed by atoms with Crippen LogP contribution in [0.3, 0.4) is 0 Å². The Labute approximate surface area is 192 Å². The molecule has 0 aliphatic heterocycles. The molecule has 0 aliphatic rings. The van der Waals surface area contributed by atoms with Gasteiger partial charge in [0.2, 0.25) is 0 Å². The van der Waals surface area contributed by atoms with Gasteiger partial charge in [0.15, 0.2) is 6.61 Å². The summed E-state index contributed by atoms with van der Waals surface area (Å²) in [5.41, 5.74) is 2.56. The second-order valence-electron chi connectivity index (χ2n) is 7.28. The van der Waals surface area contributed by atoms with E-state index in [1.54, 1.807) is 30.2 Å². The molecule has 0 heterocycles. The fourth-order valence-electron chi connectivity index (χ4n) is 3.17. The maximum absolute atomic E-state index is 13.1. The molecule has 3 aromatic rings. The van der Waals surface area contributed by atoms with Gasteiger partial charge >= 0.3 is 5.97 Å². The number of hydrogen-bond donors (Lipinski definition) is 1. The van der Waals surface area contributed by atoms with Gasteiger partial charge in [-0.05, 0) is 53.9 Å². The molecule has 0 aromatic heterocycles. The molecule has 0 saturated heterocycles. The number of carboxylic acid groups (broad SMARTS) is 1. The lowest BCUT2D eigenvalue weighted by Gasteiger charge is -2.24. The van der Waals surface area contributed by atoms with Gasteiger partial charge in [-0.2, -0.15) is 0 Å². The molecule has 3 aromatic carbocycles. The summed E-state index contributed by atoms with van der Waals surface area (Å²) in [5.74, 6) is -0.521. The van der Waals surface area contributed by atoms with E-state index in [-0.39, 0.29) is 30.4 Å². The van der Waals surface area contributed by atoms with Crippen molar-refractivity contribution in [2.75, 3.05) is 13.7 Å². The molecule has 0 fully saturated rings. The maximum Gasteiger partial charge on any atom is 0.339 e. The SMILES string of the molecule is COc1ccc(CN(Cc2ccccc2Cl)C(=O)COc2cc(C)ccc2C(=O)O)cc1. The minimum absolute atomic E-state index is 0.0104. The topological polar surface area (TPSA) is 76.1 Å². The molecule has 0 saturated carbocycles. The van der Waals surface area contributed by atoms with Crippen molar-refractivity contribution in [3.05, 3.63) is 94.0 Å². The highest BCUT2D eigenvalue weighted by molar-refractivity contribution is 6.31. The van der Waals surface area contributed by atoms with E-state index in [9.17, 15) is 14.7 Å². The zero-order chi connectivity index (χ0) is 23.1. The summed E-state index contributed by atoms with van der Waals surface area (Å²) >= 11 is 6.31. The molecule has 32 heavy (non-hydrogen) atoms. The Morgan fingerprint density at radius 3 is 2.38 bits per heavy atom. The summed E-state index contributed by atoms with van der Waals surface area (Å²) in [6.07, 6.45) is 0. The quantitative estimate of drug-likeness (QED) is 0.495. The van der Waals surface area contributed by atoms with Gasteiger partial charge in [-0.3, -0.25) is 4.79 Å². The van der Waals surface area contributed by atoms with Crippen molar-refractivity contribution >= 4 is 23.5 Å². The van der Waals surface area contributed by atoms with Crippen molar-refractivity contribution in [2.45, 2.75) is 20.0 Å². The molecule has 0 unspecified atom stereocenters. The van der Waals surface area contributed by atoms with Crippen molar-refractivity contribution in [2.24, 2.45) is 0 Å². The Hall–Kier alpha value is -3.51. The molecule has 0 atom stereocenters. The van der Waals surface area contributed by atoms with Gasteiger partial charge < -0.3 is 19.5 Å². The first-order valence-corrected chi connectivity index (χ1v) is 10.4. The Bertz CT molecular complexity index is 1100. The second-order valence-corrected chi connectivity index (χ2v) is 7.69. The van der Waals surface area contributed by atoms with Gasteiger partial charge in [-0.15, -0.1) is 0 Å². The van der Waals surface area contributed by atoms with E-state index in [0.717, 1.165) is 22.4 Å². The average molecular weight is 454 g/mol. The van der Waals surface area contributed by atoms with Crippen LogP contribution in [0.2, 0.25) is 5.02 Å². The maximum atomic E-state index is 13.1. The van der Waals surface area contributed by atoms with E-state index < -0.39 is 5.97 Å². The smallest absolute Gasteiger partial charge is 0.339 e. The minimum Gasteiger partial charge on any atom is -0.497 e.